The van der Waals surface area contributed by atoms with Gasteiger partial charge in [0.1, 0.15) is 17.6 Å². The number of nitrogens with one attached hydrogen (secondary N) is 1. The molecule has 3 nitrogen and oxygen atoms in total. The van der Waals surface area contributed by atoms with Crippen molar-refractivity contribution < 1.29 is 8.78 Å². The van der Waals surface area contributed by atoms with E-state index in [1.807, 2.05) is 6.07 Å². The fraction of sp³-hybridized carbons (Fsp3) is 0.0769. The van der Waals surface area contributed by atoms with Crippen LogP contribution in [0.4, 0.5) is 14.5 Å². The minimum absolute atomic E-state index is 0.0263. The highest BCUT2D eigenvalue weighted by atomic mass is 35.5. The van der Waals surface area contributed by atoms with E-state index in [0.717, 1.165) is 17.7 Å². The Morgan fingerprint density at radius 2 is 2.11 bits per heavy atom. The molecule has 1 aromatic carbocycles. The SMILES string of the molecule is N#Cc1cc(CNc2c(F)cc(F)cc2Cl)ccn1. The van der Waals surface area contributed by atoms with Gasteiger partial charge in [-0.15, -0.1) is 0 Å². The summed E-state index contributed by atoms with van der Waals surface area (Å²) in [5.74, 6) is -1.50. The quantitative estimate of drug-likeness (QED) is 0.935. The molecule has 0 spiro atoms. The average molecular weight is 280 g/mol. The van der Waals surface area contributed by atoms with Gasteiger partial charge in [-0.05, 0) is 23.8 Å². The van der Waals surface area contributed by atoms with Crippen LogP contribution in [0.5, 0.6) is 0 Å². The molecule has 1 N–H and O–H groups in total. The molecule has 6 heteroatoms. The molecule has 1 aromatic heterocycles. The Bertz CT molecular complexity index is 630. The number of benzene rings is 1. The second kappa shape index (κ2) is 5.63. The molecule has 0 unspecified atom stereocenters. The van der Waals surface area contributed by atoms with Gasteiger partial charge < -0.3 is 5.32 Å². The first kappa shape index (κ1) is 13.2. The lowest BCUT2D eigenvalue weighted by Gasteiger charge is -2.09. The lowest BCUT2D eigenvalue weighted by atomic mass is 10.2. The molecule has 0 atom stereocenters. The van der Waals surface area contributed by atoms with Crippen molar-refractivity contribution in [3.05, 3.63) is 58.4 Å². The molecule has 19 heavy (non-hydrogen) atoms. The van der Waals surface area contributed by atoms with Crippen molar-refractivity contribution >= 4 is 17.3 Å². The van der Waals surface area contributed by atoms with Crippen molar-refractivity contribution in [3.63, 3.8) is 0 Å². The first-order chi connectivity index (χ1) is 9.10. The fourth-order valence-corrected chi connectivity index (χ4v) is 1.81. The van der Waals surface area contributed by atoms with Crippen molar-refractivity contribution in [2.45, 2.75) is 6.54 Å². The lowest BCUT2D eigenvalue weighted by molar-refractivity contribution is 0.585. The summed E-state index contributed by atoms with van der Waals surface area (Å²) in [6.45, 7) is 0.249. The van der Waals surface area contributed by atoms with E-state index in [1.54, 1.807) is 12.1 Å². The van der Waals surface area contributed by atoms with Gasteiger partial charge in [0.25, 0.3) is 0 Å². The Labute approximate surface area is 113 Å². The Balaban J connectivity index is 2.17. The summed E-state index contributed by atoms with van der Waals surface area (Å²) in [7, 11) is 0. The van der Waals surface area contributed by atoms with Gasteiger partial charge in [-0.1, -0.05) is 11.6 Å². The Morgan fingerprint density at radius 3 is 2.79 bits per heavy atom. The van der Waals surface area contributed by atoms with Crippen molar-refractivity contribution in [2.75, 3.05) is 5.32 Å². The smallest absolute Gasteiger partial charge is 0.150 e. The van der Waals surface area contributed by atoms with Gasteiger partial charge in [0, 0.05) is 18.8 Å². The number of hydrogen-bond acceptors (Lipinski definition) is 3. The molecule has 0 bridgehead atoms. The van der Waals surface area contributed by atoms with Crippen molar-refractivity contribution in [1.29, 1.82) is 5.26 Å². The number of rotatable bonds is 3. The monoisotopic (exact) mass is 279 g/mol. The van der Waals surface area contributed by atoms with Crippen molar-refractivity contribution in [2.24, 2.45) is 0 Å². The van der Waals surface area contributed by atoms with Crippen molar-refractivity contribution in [3.8, 4) is 6.07 Å². The highest BCUT2D eigenvalue weighted by molar-refractivity contribution is 6.33. The molecule has 0 saturated carbocycles. The minimum atomic E-state index is -0.764. The van der Waals surface area contributed by atoms with Crippen LogP contribution in [0, 0.1) is 23.0 Å². The fourth-order valence-electron chi connectivity index (χ4n) is 1.55. The van der Waals surface area contributed by atoms with E-state index in [2.05, 4.69) is 10.3 Å². The Kier molecular flexibility index (Phi) is 3.93. The molecule has 0 aliphatic rings. The molecule has 0 aliphatic carbocycles. The second-order valence-electron chi connectivity index (χ2n) is 3.76. The first-order valence-corrected chi connectivity index (χ1v) is 5.71. The number of nitrogens with zero attached hydrogens (tertiary/aromatic N) is 2. The third kappa shape index (κ3) is 3.18. The zero-order valence-corrected chi connectivity index (χ0v) is 10.4. The second-order valence-corrected chi connectivity index (χ2v) is 4.17. The number of anilines is 1. The van der Waals surface area contributed by atoms with Crippen LogP contribution in [0.15, 0.2) is 30.5 Å². The summed E-state index contributed by atoms with van der Waals surface area (Å²) in [5, 5.41) is 11.4. The number of halogens is 3. The summed E-state index contributed by atoms with van der Waals surface area (Å²) in [6.07, 6.45) is 1.48. The number of pyridine rings is 1. The van der Waals surface area contributed by atoms with Gasteiger partial charge in [0.15, 0.2) is 5.82 Å². The summed E-state index contributed by atoms with van der Waals surface area (Å²) in [4.78, 5) is 3.82. The van der Waals surface area contributed by atoms with E-state index in [-0.39, 0.29) is 22.9 Å². The van der Waals surface area contributed by atoms with Crippen LogP contribution in [-0.4, -0.2) is 4.98 Å². The largest absolute Gasteiger partial charge is 0.377 e. The van der Waals surface area contributed by atoms with Gasteiger partial charge >= 0.3 is 0 Å². The summed E-state index contributed by atoms with van der Waals surface area (Å²) >= 11 is 5.75. The van der Waals surface area contributed by atoms with Crippen LogP contribution in [-0.2, 0) is 6.54 Å². The van der Waals surface area contributed by atoms with Crippen LogP contribution in [0.3, 0.4) is 0 Å². The topological polar surface area (TPSA) is 48.7 Å². The molecule has 96 valence electrons. The molecule has 0 aliphatic heterocycles. The average Bonchev–Trinajstić information content (AvgIpc) is 2.37. The molecular weight excluding hydrogens is 272 g/mol. The summed E-state index contributed by atoms with van der Waals surface area (Å²) in [6, 6.07) is 6.94. The minimum Gasteiger partial charge on any atom is -0.377 e. The van der Waals surface area contributed by atoms with Gasteiger partial charge in [-0.3, -0.25) is 0 Å². The lowest BCUT2D eigenvalue weighted by Crippen LogP contribution is -2.03. The number of nitriles is 1. The first-order valence-electron chi connectivity index (χ1n) is 5.33. The zero-order valence-electron chi connectivity index (χ0n) is 9.62. The highest BCUT2D eigenvalue weighted by Gasteiger charge is 2.09. The van der Waals surface area contributed by atoms with Gasteiger partial charge in [-0.2, -0.15) is 5.26 Å². The molecule has 0 saturated heterocycles. The number of aromatic nitrogens is 1. The molecule has 2 aromatic rings. The van der Waals surface area contributed by atoms with E-state index < -0.39 is 11.6 Å². The predicted octanol–water partition coefficient (Wildman–Crippen LogP) is 3.50. The Hall–Kier alpha value is -2.19. The number of hydrogen-bond donors (Lipinski definition) is 1. The van der Waals surface area contributed by atoms with Crippen LogP contribution in [0.2, 0.25) is 5.02 Å². The standard InChI is InChI=1S/C13H8ClF2N3/c14-11-4-9(15)5-12(16)13(11)19-7-8-1-2-18-10(3-8)6-17/h1-5,19H,7H2. The van der Waals surface area contributed by atoms with Crippen LogP contribution < -0.4 is 5.32 Å². The van der Waals surface area contributed by atoms with E-state index in [4.69, 9.17) is 16.9 Å². The molecule has 0 amide bonds. The normalized spacial score (nSPS) is 10.0. The van der Waals surface area contributed by atoms with Gasteiger partial charge in [-0.25, -0.2) is 13.8 Å². The maximum Gasteiger partial charge on any atom is 0.150 e. The van der Waals surface area contributed by atoms with E-state index in [9.17, 15) is 8.78 Å². The molecule has 0 radical (unpaired) electrons. The van der Waals surface area contributed by atoms with Crippen molar-refractivity contribution in [1.82, 2.24) is 4.98 Å². The predicted molar refractivity (Wildman–Crippen MR) is 67.6 cm³/mol. The van der Waals surface area contributed by atoms with E-state index in [0.29, 0.717) is 0 Å². The van der Waals surface area contributed by atoms with Crippen LogP contribution in [0.25, 0.3) is 0 Å². The van der Waals surface area contributed by atoms with E-state index in [1.165, 1.54) is 6.20 Å². The van der Waals surface area contributed by atoms with Gasteiger partial charge in [0.05, 0.1) is 10.7 Å². The van der Waals surface area contributed by atoms with Crippen LogP contribution in [0.1, 0.15) is 11.3 Å². The third-order valence-corrected chi connectivity index (χ3v) is 2.71. The zero-order chi connectivity index (χ0) is 13.8. The molecular formula is C13H8ClF2N3. The summed E-state index contributed by atoms with van der Waals surface area (Å²) < 4.78 is 26.4. The Morgan fingerprint density at radius 1 is 1.32 bits per heavy atom. The maximum absolute atomic E-state index is 13.5. The third-order valence-electron chi connectivity index (χ3n) is 2.42. The highest BCUT2D eigenvalue weighted by Crippen LogP contribution is 2.26. The molecule has 0 fully saturated rings. The summed E-state index contributed by atoms with van der Waals surface area (Å²) in [5.41, 5.74) is 1.04. The maximum atomic E-state index is 13.5. The molecule has 1 heterocycles. The molecule has 2 rings (SSSR count). The van der Waals surface area contributed by atoms with Crippen LogP contribution >= 0.6 is 11.6 Å². The van der Waals surface area contributed by atoms with Gasteiger partial charge in [0.2, 0.25) is 0 Å². The van der Waals surface area contributed by atoms with E-state index >= 15 is 0 Å².